The van der Waals surface area contributed by atoms with E-state index in [1.807, 2.05) is 20.8 Å². The lowest BCUT2D eigenvalue weighted by molar-refractivity contribution is -0.141. The van der Waals surface area contributed by atoms with Crippen molar-refractivity contribution in [1.29, 1.82) is 0 Å². The number of para-hydroxylation sites is 1. The van der Waals surface area contributed by atoms with Crippen molar-refractivity contribution in [3.63, 3.8) is 0 Å². The molecule has 0 aliphatic heterocycles. The van der Waals surface area contributed by atoms with Crippen molar-refractivity contribution in [3.8, 4) is 5.75 Å². The molecule has 0 saturated heterocycles. The largest absolute Gasteiger partial charge is 0.497 e. The van der Waals surface area contributed by atoms with Crippen molar-refractivity contribution in [2.45, 2.75) is 57.1 Å². The summed E-state index contributed by atoms with van der Waals surface area (Å²) in [6.07, 6.45) is 0.273. The Kier molecular flexibility index (Phi) is 9.92. The average Bonchev–Trinajstić information content (AvgIpc) is 2.91. The molecule has 3 aromatic rings. The lowest BCUT2D eigenvalue weighted by Gasteiger charge is -2.34. The molecule has 8 nitrogen and oxygen atoms in total. The minimum absolute atomic E-state index is 0.0232. The minimum Gasteiger partial charge on any atom is -0.497 e. The molecule has 40 heavy (non-hydrogen) atoms. The fourth-order valence-electron chi connectivity index (χ4n) is 4.19. The van der Waals surface area contributed by atoms with Gasteiger partial charge >= 0.3 is 0 Å². The highest BCUT2D eigenvalue weighted by molar-refractivity contribution is 7.92. The Hall–Kier alpha value is -3.92. The van der Waals surface area contributed by atoms with Crippen LogP contribution in [-0.4, -0.2) is 50.4 Å². The number of carbonyl (C=O) groups excluding carboxylic acids is 2. The first kappa shape index (κ1) is 30.6. The van der Waals surface area contributed by atoms with Gasteiger partial charge in [-0.1, -0.05) is 49.4 Å². The van der Waals surface area contributed by atoms with Gasteiger partial charge in [-0.05, 0) is 69.2 Å². The molecular formula is C30H36FN3O5S. The van der Waals surface area contributed by atoms with Gasteiger partial charge in [-0.2, -0.15) is 0 Å². The Bertz CT molecular complexity index is 1410. The van der Waals surface area contributed by atoms with Gasteiger partial charge in [0.05, 0.1) is 17.7 Å². The molecule has 1 atom stereocenters. The second kappa shape index (κ2) is 13.0. The summed E-state index contributed by atoms with van der Waals surface area (Å²) < 4.78 is 48.4. The number of hydrogen-bond donors (Lipinski definition) is 1. The minimum atomic E-state index is -4.34. The second-order valence-corrected chi connectivity index (χ2v) is 12.2. The fraction of sp³-hybridized carbons (Fsp3) is 0.333. The topological polar surface area (TPSA) is 96.0 Å². The number of nitrogens with one attached hydrogen (secondary N) is 1. The zero-order chi connectivity index (χ0) is 29.5. The Morgan fingerprint density at radius 1 is 0.950 bits per heavy atom. The van der Waals surface area contributed by atoms with Gasteiger partial charge in [-0.25, -0.2) is 12.8 Å². The van der Waals surface area contributed by atoms with Crippen molar-refractivity contribution < 1.29 is 27.1 Å². The maximum atomic E-state index is 15.0. The van der Waals surface area contributed by atoms with E-state index in [0.29, 0.717) is 11.3 Å². The molecule has 0 aromatic heterocycles. The molecule has 214 valence electrons. The van der Waals surface area contributed by atoms with Gasteiger partial charge in [-0.15, -0.1) is 0 Å². The van der Waals surface area contributed by atoms with Gasteiger partial charge in [0.2, 0.25) is 11.8 Å². The average molecular weight is 570 g/mol. The third kappa shape index (κ3) is 7.59. The number of amides is 2. The van der Waals surface area contributed by atoms with E-state index in [4.69, 9.17) is 4.74 Å². The lowest BCUT2D eigenvalue weighted by Crippen LogP contribution is -2.55. The van der Waals surface area contributed by atoms with Crippen molar-refractivity contribution in [3.05, 3.63) is 90.2 Å². The van der Waals surface area contributed by atoms with E-state index in [-0.39, 0.29) is 29.5 Å². The quantitative estimate of drug-likeness (QED) is 0.360. The van der Waals surface area contributed by atoms with E-state index in [2.05, 4.69) is 5.32 Å². The van der Waals surface area contributed by atoms with Gasteiger partial charge in [0.1, 0.15) is 24.2 Å². The SMILES string of the molecule is CC[C@@H](C(=O)NC(C)(C)C)N(Cc1ccc(OC)cc1)C(=O)CN(c1ccccc1F)S(=O)(=O)c1ccccc1. The Morgan fingerprint density at radius 2 is 1.55 bits per heavy atom. The van der Waals surface area contributed by atoms with Crippen LogP contribution in [0.1, 0.15) is 39.7 Å². The number of sulfonamides is 1. The molecule has 0 spiro atoms. The number of methoxy groups -OCH3 is 1. The number of benzene rings is 3. The van der Waals surface area contributed by atoms with Crippen LogP contribution >= 0.6 is 0 Å². The highest BCUT2D eigenvalue weighted by Gasteiger charge is 2.35. The van der Waals surface area contributed by atoms with Crippen LogP contribution in [0.5, 0.6) is 5.75 Å². The van der Waals surface area contributed by atoms with Gasteiger partial charge in [-0.3, -0.25) is 13.9 Å². The van der Waals surface area contributed by atoms with Gasteiger partial charge < -0.3 is 15.0 Å². The summed E-state index contributed by atoms with van der Waals surface area (Å²) in [5, 5.41) is 2.92. The zero-order valence-electron chi connectivity index (χ0n) is 23.4. The summed E-state index contributed by atoms with van der Waals surface area (Å²) in [4.78, 5) is 28.6. The number of nitrogens with zero attached hydrogens (tertiary/aromatic N) is 2. The van der Waals surface area contributed by atoms with E-state index >= 15 is 0 Å². The van der Waals surface area contributed by atoms with E-state index < -0.39 is 39.9 Å². The number of ether oxygens (including phenoxy) is 1. The molecule has 0 aliphatic carbocycles. The monoisotopic (exact) mass is 569 g/mol. The molecule has 0 aliphatic rings. The Morgan fingerprint density at radius 3 is 2.10 bits per heavy atom. The molecule has 0 fully saturated rings. The van der Waals surface area contributed by atoms with Crippen LogP contribution in [0.3, 0.4) is 0 Å². The van der Waals surface area contributed by atoms with Crippen LogP contribution in [0.15, 0.2) is 83.8 Å². The maximum absolute atomic E-state index is 15.0. The predicted octanol–water partition coefficient (Wildman–Crippen LogP) is 4.75. The molecule has 0 radical (unpaired) electrons. The molecule has 0 bridgehead atoms. The van der Waals surface area contributed by atoms with Gasteiger partial charge in [0.15, 0.2) is 0 Å². The summed E-state index contributed by atoms with van der Waals surface area (Å²) in [5.74, 6) is -1.21. The van der Waals surface area contributed by atoms with Crippen molar-refractivity contribution in [2.75, 3.05) is 18.0 Å². The highest BCUT2D eigenvalue weighted by Crippen LogP contribution is 2.27. The van der Waals surface area contributed by atoms with E-state index in [1.165, 1.54) is 35.2 Å². The van der Waals surface area contributed by atoms with Gasteiger partial charge in [0.25, 0.3) is 10.0 Å². The summed E-state index contributed by atoms with van der Waals surface area (Å²) in [5.41, 5.74) is -0.120. The van der Waals surface area contributed by atoms with E-state index in [9.17, 15) is 22.4 Å². The molecule has 2 amide bonds. The van der Waals surface area contributed by atoms with Crippen LogP contribution in [0, 0.1) is 5.82 Å². The molecule has 0 heterocycles. The first-order chi connectivity index (χ1) is 18.9. The molecule has 1 N–H and O–H groups in total. The standard InChI is InChI=1S/C30H36FN3O5S/c1-6-26(29(36)32-30(2,3)4)33(20-22-16-18-23(39-5)19-17-22)28(35)21-34(27-15-11-10-14-25(27)31)40(37,38)24-12-8-7-9-13-24/h7-19,26H,6,20-21H2,1-5H3,(H,32,36)/t26-/m0/s1. The first-order valence-electron chi connectivity index (χ1n) is 12.9. The molecule has 3 rings (SSSR count). The normalized spacial score (nSPS) is 12.3. The van der Waals surface area contributed by atoms with E-state index in [0.717, 1.165) is 10.4 Å². The first-order valence-corrected chi connectivity index (χ1v) is 14.4. The number of halogens is 1. The third-order valence-electron chi connectivity index (χ3n) is 6.13. The van der Waals surface area contributed by atoms with Crippen LogP contribution < -0.4 is 14.4 Å². The summed E-state index contributed by atoms with van der Waals surface area (Å²) in [7, 11) is -2.80. The molecule has 0 unspecified atom stereocenters. The fourth-order valence-corrected chi connectivity index (χ4v) is 5.63. The molecule has 0 saturated carbocycles. The number of rotatable bonds is 11. The summed E-state index contributed by atoms with van der Waals surface area (Å²) >= 11 is 0. The molecule has 10 heteroatoms. The summed E-state index contributed by atoms with van der Waals surface area (Å²) in [6.45, 7) is 6.58. The van der Waals surface area contributed by atoms with Crippen LogP contribution in [0.25, 0.3) is 0 Å². The number of carbonyl (C=O) groups is 2. The lowest BCUT2D eigenvalue weighted by atomic mass is 10.1. The summed E-state index contributed by atoms with van der Waals surface area (Å²) in [6, 6.07) is 19.0. The predicted molar refractivity (Wildman–Crippen MR) is 153 cm³/mol. The second-order valence-electron chi connectivity index (χ2n) is 10.3. The maximum Gasteiger partial charge on any atom is 0.264 e. The van der Waals surface area contributed by atoms with Crippen LogP contribution in [0.2, 0.25) is 0 Å². The zero-order valence-corrected chi connectivity index (χ0v) is 24.2. The Labute approximate surface area is 235 Å². The third-order valence-corrected chi connectivity index (χ3v) is 7.90. The van der Waals surface area contributed by atoms with Crippen LogP contribution in [0.4, 0.5) is 10.1 Å². The van der Waals surface area contributed by atoms with Gasteiger partial charge in [0, 0.05) is 12.1 Å². The smallest absolute Gasteiger partial charge is 0.264 e. The number of hydrogen-bond acceptors (Lipinski definition) is 5. The van der Waals surface area contributed by atoms with Crippen molar-refractivity contribution in [1.82, 2.24) is 10.2 Å². The molecule has 3 aromatic carbocycles. The highest BCUT2D eigenvalue weighted by atomic mass is 32.2. The van der Waals surface area contributed by atoms with Crippen LogP contribution in [-0.2, 0) is 26.2 Å². The van der Waals surface area contributed by atoms with Crippen molar-refractivity contribution in [2.24, 2.45) is 0 Å². The molecular weight excluding hydrogens is 533 g/mol. The Balaban J connectivity index is 2.07. The van der Waals surface area contributed by atoms with Crippen molar-refractivity contribution >= 4 is 27.5 Å². The number of anilines is 1. The van der Waals surface area contributed by atoms with E-state index in [1.54, 1.807) is 56.5 Å².